The Morgan fingerprint density at radius 2 is 2.05 bits per heavy atom. The molecule has 0 fully saturated rings. The van der Waals surface area contributed by atoms with E-state index in [0.29, 0.717) is 12.4 Å². The van der Waals surface area contributed by atoms with Crippen LogP contribution in [0.2, 0.25) is 5.15 Å². The van der Waals surface area contributed by atoms with Crippen molar-refractivity contribution in [2.75, 3.05) is 18.5 Å². The number of esters is 1. The van der Waals surface area contributed by atoms with Crippen LogP contribution >= 0.6 is 11.6 Å². The van der Waals surface area contributed by atoms with E-state index in [1.165, 1.54) is 0 Å². The van der Waals surface area contributed by atoms with Crippen molar-refractivity contribution in [3.05, 3.63) is 41.6 Å². The average Bonchev–Trinajstić information content (AvgIpc) is 2.46. The van der Waals surface area contributed by atoms with E-state index in [2.05, 4.69) is 15.3 Å². The van der Waals surface area contributed by atoms with E-state index in [9.17, 15) is 4.79 Å². The second-order valence-electron chi connectivity index (χ2n) is 3.94. The van der Waals surface area contributed by atoms with Crippen molar-refractivity contribution in [3.8, 4) is 6.01 Å². The molecule has 1 aromatic carbocycles. The number of anilines is 2. The van der Waals surface area contributed by atoms with Crippen LogP contribution in [0.15, 0.2) is 36.4 Å². The summed E-state index contributed by atoms with van der Waals surface area (Å²) < 4.78 is 9.91. The highest BCUT2D eigenvalue weighted by Gasteiger charge is 2.08. The zero-order valence-corrected chi connectivity index (χ0v) is 12.1. The summed E-state index contributed by atoms with van der Waals surface area (Å²) in [5.41, 5.74) is 0.851. The van der Waals surface area contributed by atoms with Gasteiger partial charge in [-0.3, -0.25) is 0 Å². The summed E-state index contributed by atoms with van der Waals surface area (Å²) in [5.74, 6) is -0.0151. The molecule has 0 aliphatic rings. The van der Waals surface area contributed by atoms with E-state index >= 15 is 0 Å². The maximum atomic E-state index is 11.2. The van der Waals surface area contributed by atoms with Gasteiger partial charge in [-0.1, -0.05) is 29.8 Å². The number of hydrogen-bond donors (Lipinski definition) is 1. The highest BCUT2D eigenvalue weighted by molar-refractivity contribution is 6.29. The Bertz CT molecular complexity index is 608. The number of ether oxygens (including phenoxy) is 2. The number of nitrogens with one attached hydrogen (secondary N) is 1. The van der Waals surface area contributed by atoms with Gasteiger partial charge in [0.1, 0.15) is 11.0 Å². The predicted octanol–water partition coefficient (Wildman–Crippen LogP) is 2.82. The lowest BCUT2D eigenvalue weighted by Gasteiger charge is -2.08. The SMILES string of the molecule is CCOC(=O)COc1nc(Cl)cc(Nc2ccccc2)n1. The first-order chi connectivity index (χ1) is 10.2. The Kier molecular flexibility index (Phi) is 5.34. The topological polar surface area (TPSA) is 73.3 Å². The summed E-state index contributed by atoms with van der Waals surface area (Å²) in [7, 11) is 0. The zero-order valence-electron chi connectivity index (χ0n) is 11.4. The molecule has 0 bridgehead atoms. The van der Waals surface area contributed by atoms with E-state index in [0.717, 1.165) is 5.69 Å². The Balaban J connectivity index is 2.05. The number of aromatic nitrogens is 2. The summed E-state index contributed by atoms with van der Waals surface area (Å²) in [4.78, 5) is 19.2. The molecule has 0 amide bonds. The molecule has 110 valence electrons. The van der Waals surface area contributed by atoms with Crippen LogP contribution in [-0.2, 0) is 9.53 Å². The second kappa shape index (κ2) is 7.44. The Morgan fingerprint density at radius 1 is 1.29 bits per heavy atom. The van der Waals surface area contributed by atoms with Crippen molar-refractivity contribution in [2.24, 2.45) is 0 Å². The first-order valence-electron chi connectivity index (χ1n) is 6.32. The van der Waals surface area contributed by atoms with Crippen LogP contribution < -0.4 is 10.1 Å². The van der Waals surface area contributed by atoms with Crippen molar-refractivity contribution in [1.82, 2.24) is 9.97 Å². The number of nitrogens with zero attached hydrogens (tertiary/aromatic N) is 2. The Morgan fingerprint density at radius 3 is 2.76 bits per heavy atom. The van der Waals surface area contributed by atoms with Crippen LogP contribution in [0, 0.1) is 0 Å². The fourth-order valence-electron chi connectivity index (χ4n) is 1.52. The molecular formula is C14H14ClN3O3. The predicted molar refractivity (Wildman–Crippen MR) is 78.9 cm³/mol. The lowest BCUT2D eigenvalue weighted by Crippen LogP contribution is -2.15. The summed E-state index contributed by atoms with van der Waals surface area (Å²) in [6.45, 7) is 1.74. The zero-order chi connectivity index (χ0) is 15.1. The molecule has 0 aliphatic carbocycles. The highest BCUT2D eigenvalue weighted by Crippen LogP contribution is 2.19. The van der Waals surface area contributed by atoms with Gasteiger partial charge < -0.3 is 14.8 Å². The van der Waals surface area contributed by atoms with Gasteiger partial charge in [-0.05, 0) is 19.1 Å². The Hall–Kier alpha value is -2.34. The molecule has 21 heavy (non-hydrogen) atoms. The largest absolute Gasteiger partial charge is 0.463 e. The molecule has 7 heteroatoms. The van der Waals surface area contributed by atoms with Gasteiger partial charge in [0.05, 0.1) is 6.61 Å². The molecule has 0 atom stereocenters. The number of rotatable bonds is 6. The van der Waals surface area contributed by atoms with Crippen LogP contribution in [0.5, 0.6) is 6.01 Å². The van der Waals surface area contributed by atoms with Crippen molar-refractivity contribution < 1.29 is 14.3 Å². The fraction of sp³-hybridized carbons (Fsp3) is 0.214. The van der Waals surface area contributed by atoms with Gasteiger partial charge in [-0.2, -0.15) is 9.97 Å². The molecule has 2 aromatic rings. The first kappa shape index (κ1) is 15.1. The third kappa shape index (κ3) is 4.92. The van der Waals surface area contributed by atoms with Crippen LogP contribution in [0.3, 0.4) is 0 Å². The Labute approximate surface area is 127 Å². The maximum absolute atomic E-state index is 11.2. The minimum Gasteiger partial charge on any atom is -0.463 e. The van der Waals surface area contributed by atoms with Crippen LogP contribution in [0.4, 0.5) is 11.5 Å². The van der Waals surface area contributed by atoms with Gasteiger partial charge in [0, 0.05) is 11.8 Å². The molecule has 0 unspecified atom stereocenters. The fourth-order valence-corrected chi connectivity index (χ4v) is 1.70. The molecule has 0 aliphatic heterocycles. The molecule has 2 rings (SSSR count). The van der Waals surface area contributed by atoms with Crippen LogP contribution in [-0.4, -0.2) is 29.2 Å². The molecule has 1 aromatic heterocycles. The summed E-state index contributed by atoms with van der Waals surface area (Å²) in [6, 6.07) is 11.0. The maximum Gasteiger partial charge on any atom is 0.344 e. The molecule has 0 radical (unpaired) electrons. The van der Waals surface area contributed by atoms with E-state index in [1.54, 1.807) is 13.0 Å². The number of hydrogen-bond acceptors (Lipinski definition) is 6. The normalized spacial score (nSPS) is 10.0. The minimum absolute atomic E-state index is 0.00832. The van der Waals surface area contributed by atoms with Crippen molar-refractivity contribution in [1.29, 1.82) is 0 Å². The standard InChI is InChI=1S/C14H14ClN3O3/c1-2-20-13(19)9-21-14-17-11(15)8-12(18-14)16-10-6-4-3-5-7-10/h3-8H,2,9H2,1H3,(H,16,17,18). The van der Waals surface area contributed by atoms with Gasteiger partial charge in [0.2, 0.25) is 0 Å². The summed E-state index contributed by atoms with van der Waals surface area (Å²) in [5, 5.41) is 3.28. The van der Waals surface area contributed by atoms with E-state index in [-0.39, 0.29) is 17.8 Å². The van der Waals surface area contributed by atoms with E-state index in [4.69, 9.17) is 21.1 Å². The molecule has 0 spiro atoms. The van der Waals surface area contributed by atoms with Gasteiger partial charge >= 0.3 is 12.0 Å². The van der Waals surface area contributed by atoms with Crippen LogP contribution in [0.1, 0.15) is 6.92 Å². The number of benzene rings is 1. The third-order valence-corrected chi connectivity index (χ3v) is 2.54. The summed E-state index contributed by atoms with van der Waals surface area (Å²) >= 11 is 5.91. The van der Waals surface area contributed by atoms with Gasteiger partial charge in [0.25, 0.3) is 0 Å². The molecule has 0 saturated carbocycles. The lowest BCUT2D eigenvalue weighted by atomic mass is 10.3. The van der Waals surface area contributed by atoms with Crippen LogP contribution in [0.25, 0.3) is 0 Å². The van der Waals surface area contributed by atoms with E-state index in [1.807, 2.05) is 30.3 Å². The molecule has 1 N–H and O–H groups in total. The van der Waals surface area contributed by atoms with E-state index < -0.39 is 5.97 Å². The monoisotopic (exact) mass is 307 g/mol. The smallest absolute Gasteiger partial charge is 0.344 e. The van der Waals surface area contributed by atoms with Gasteiger partial charge in [-0.25, -0.2) is 4.79 Å². The average molecular weight is 308 g/mol. The molecular weight excluding hydrogens is 294 g/mol. The molecule has 0 saturated heterocycles. The van der Waals surface area contributed by atoms with Crippen molar-refractivity contribution in [2.45, 2.75) is 6.92 Å². The number of halogens is 1. The molecule has 6 nitrogen and oxygen atoms in total. The third-order valence-electron chi connectivity index (χ3n) is 2.35. The summed E-state index contributed by atoms with van der Waals surface area (Å²) in [6.07, 6.45) is 0. The minimum atomic E-state index is -0.487. The quantitative estimate of drug-likeness (QED) is 0.653. The van der Waals surface area contributed by atoms with Gasteiger partial charge in [-0.15, -0.1) is 0 Å². The lowest BCUT2D eigenvalue weighted by molar-refractivity contribution is -0.145. The van der Waals surface area contributed by atoms with Gasteiger partial charge in [0.15, 0.2) is 6.61 Å². The second-order valence-corrected chi connectivity index (χ2v) is 4.33. The number of para-hydroxylation sites is 1. The number of carbonyl (C=O) groups is 1. The van der Waals surface area contributed by atoms with Crippen molar-refractivity contribution in [3.63, 3.8) is 0 Å². The first-order valence-corrected chi connectivity index (χ1v) is 6.70. The van der Waals surface area contributed by atoms with Crippen molar-refractivity contribution >= 4 is 29.1 Å². The molecule has 1 heterocycles. The number of carbonyl (C=O) groups excluding carboxylic acids is 1. The highest BCUT2D eigenvalue weighted by atomic mass is 35.5.